The highest BCUT2D eigenvalue weighted by Crippen LogP contribution is 2.07. The van der Waals surface area contributed by atoms with Gasteiger partial charge in [0.05, 0.1) is 18.1 Å². The average Bonchev–Trinajstić information content (AvgIpc) is 2.40. The van der Waals surface area contributed by atoms with Crippen molar-refractivity contribution in [3.63, 3.8) is 0 Å². The molecular weight excluding hydrogens is 158 g/mol. The fraction of sp³-hybridized carbons (Fsp3) is 0.429. The van der Waals surface area contributed by atoms with Crippen molar-refractivity contribution >= 4 is 11.3 Å². The van der Waals surface area contributed by atoms with E-state index in [1.165, 1.54) is 4.88 Å². The van der Waals surface area contributed by atoms with Crippen molar-refractivity contribution < 1.29 is 0 Å². The largest absolute Gasteiger partial charge is 0.288 e. The second-order valence-electron chi connectivity index (χ2n) is 2.30. The maximum atomic E-state index is 8.36. The van der Waals surface area contributed by atoms with Gasteiger partial charge in [0.1, 0.15) is 0 Å². The zero-order chi connectivity index (χ0) is 8.10. The normalized spacial score (nSPS) is 9.91. The summed E-state index contributed by atoms with van der Waals surface area (Å²) in [6, 6.07) is 2.09. The van der Waals surface area contributed by atoms with E-state index in [1.807, 2.05) is 18.1 Å². The SMILES string of the molecule is CN(CC#N)Cc1cncs1. The van der Waals surface area contributed by atoms with Gasteiger partial charge in [0.15, 0.2) is 0 Å². The van der Waals surface area contributed by atoms with Crippen LogP contribution in [0.25, 0.3) is 0 Å². The van der Waals surface area contributed by atoms with Gasteiger partial charge in [-0.2, -0.15) is 5.26 Å². The third kappa shape index (κ3) is 2.66. The molecule has 0 amide bonds. The Kier molecular flexibility index (Phi) is 3.02. The molecule has 0 spiro atoms. The van der Waals surface area contributed by atoms with E-state index in [0.29, 0.717) is 6.54 Å². The van der Waals surface area contributed by atoms with Crippen molar-refractivity contribution in [3.05, 3.63) is 16.6 Å². The monoisotopic (exact) mass is 167 g/mol. The molecule has 0 aliphatic heterocycles. The molecule has 0 unspecified atom stereocenters. The first-order chi connectivity index (χ1) is 5.33. The Morgan fingerprint density at radius 3 is 3.18 bits per heavy atom. The zero-order valence-corrected chi connectivity index (χ0v) is 7.14. The van der Waals surface area contributed by atoms with Gasteiger partial charge in [-0.3, -0.25) is 9.88 Å². The van der Waals surface area contributed by atoms with Crippen LogP contribution in [0.3, 0.4) is 0 Å². The molecule has 0 saturated carbocycles. The first-order valence-corrected chi connectivity index (χ1v) is 4.13. The van der Waals surface area contributed by atoms with Crippen LogP contribution in [0.4, 0.5) is 0 Å². The second kappa shape index (κ2) is 4.06. The van der Waals surface area contributed by atoms with Crippen molar-refractivity contribution in [2.75, 3.05) is 13.6 Å². The third-order valence-corrected chi connectivity index (χ3v) is 2.01. The lowest BCUT2D eigenvalue weighted by Crippen LogP contribution is -2.16. The van der Waals surface area contributed by atoms with E-state index >= 15 is 0 Å². The lowest BCUT2D eigenvalue weighted by molar-refractivity contribution is 0.370. The Morgan fingerprint density at radius 2 is 2.64 bits per heavy atom. The van der Waals surface area contributed by atoms with Gasteiger partial charge in [-0.1, -0.05) is 0 Å². The summed E-state index contributed by atoms with van der Waals surface area (Å²) in [5.74, 6) is 0. The summed E-state index contributed by atoms with van der Waals surface area (Å²) in [5.41, 5.74) is 1.80. The predicted molar refractivity (Wildman–Crippen MR) is 44.1 cm³/mol. The van der Waals surface area contributed by atoms with Crippen molar-refractivity contribution in [2.24, 2.45) is 0 Å². The van der Waals surface area contributed by atoms with E-state index in [2.05, 4.69) is 11.1 Å². The summed E-state index contributed by atoms with van der Waals surface area (Å²) in [7, 11) is 1.92. The summed E-state index contributed by atoms with van der Waals surface area (Å²) in [5, 5.41) is 8.36. The van der Waals surface area contributed by atoms with Crippen LogP contribution in [-0.2, 0) is 6.54 Å². The molecule has 0 aromatic carbocycles. The van der Waals surface area contributed by atoms with E-state index in [1.54, 1.807) is 16.8 Å². The Hall–Kier alpha value is -0.920. The molecule has 11 heavy (non-hydrogen) atoms. The number of hydrogen-bond donors (Lipinski definition) is 0. The van der Waals surface area contributed by atoms with Gasteiger partial charge in [-0.05, 0) is 7.05 Å². The van der Waals surface area contributed by atoms with E-state index < -0.39 is 0 Å². The molecule has 0 fully saturated rings. The smallest absolute Gasteiger partial charge is 0.0866 e. The zero-order valence-electron chi connectivity index (χ0n) is 6.32. The Morgan fingerprint density at radius 1 is 1.82 bits per heavy atom. The number of rotatable bonds is 3. The first kappa shape index (κ1) is 8.18. The Bertz CT molecular complexity index is 237. The molecule has 1 rings (SSSR count). The number of aromatic nitrogens is 1. The molecule has 0 saturated heterocycles. The summed E-state index contributed by atoms with van der Waals surface area (Å²) in [6.45, 7) is 1.29. The van der Waals surface area contributed by atoms with E-state index in [9.17, 15) is 0 Å². The maximum absolute atomic E-state index is 8.36. The number of hydrogen-bond acceptors (Lipinski definition) is 4. The predicted octanol–water partition coefficient (Wildman–Crippen LogP) is 1.10. The summed E-state index contributed by atoms with van der Waals surface area (Å²) >= 11 is 1.61. The lowest BCUT2D eigenvalue weighted by Gasteiger charge is -2.08. The van der Waals surface area contributed by atoms with Crippen molar-refractivity contribution in [2.45, 2.75) is 6.54 Å². The van der Waals surface area contributed by atoms with Gasteiger partial charge in [0.25, 0.3) is 0 Å². The van der Waals surface area contributed by atoms with Crippen LogP contribution in [-0.4, -0.2) is 23.5 Å². The van der Waals surface area contributed by atoms with Crippen LogP contribution in [0.15, 0.2) is 11.7 Å². The van der Waals surface area contributed by atoms with Crippen LogP contribution < -0.4 is 0 Å². The molecule has 1 aromatic rings. The number of thiazole rings is 1. The minimum Gasteiger partial charge on any atom is -0.288 e. The van der Waals surface area contributed by atoms with Crippen LogP contribution in [0, 0.1) is 11.3 Å². The number of nitrogens with zero attached hydrogens (tertiary/aromatic N) is 3. The van der Waals surface area contributed by atoms with Gasteiger partial charge < -0.3 is 0 Å². The second-order valence-corrected chi connectivity index (χ2v) is 3.27. The molecule has 0 aliphatic rings. The fourth-order valence-corrected chi connectivity index (χ4v) is 1.44. The highest BCUT2D eigenvalue weighted by Gasteiger charge is 1.99. The van der Waals surface area contributed by atoms with Gasteiger partial charge in [0.2, 0.25) is 0 Å². The molecule has 0 N–H and O–H groups in total. The Labute approximate surface area is 69.9 Å². The van der Waals surface area contributed by atoms with Crippen LogP contribution in [0.2, 0.25) is 0 Å². The van der Waals surface area contributed by atoms with Gasteiger partial charge >= 0.3 is 0 Å². The van der Waals surface area contributed by atoms with Gasteiger partial charge in [-0.15, -0.1) is 11.3 Å². The molecule has 1 aromatic heterocycles. The Balaban J connectivity index is 2.38. The molecule has 1 heterocycles. The van der Waals surface area contributed by atoms with E-state index in [-0.39, 0.29) is 0 Å². The van der Waals surface area contributed by atoms with Crippen LogP contribution in [0.5, 0.6) is 0 Å². The van der Waals surface area contributed by atoms with Crippen molar-refractivity contribution in [1.29, 1.82) is 5.26 Å². The number of nitriles is 1. The minimum absolute atomic E-state index is 0.470. The highest BCUT2D eigenvalue weighted by atomic mass is 32.1. The van der Waals surface area contributed by atoms with E-state index in [0.717, 1.165) is 6.54 Å². The average molecular weight is 167 g/mol. The molecule has 58 valence electrons. The summed E-state index contributed by atoms with van der Waals surface area (Å²) in [4.78, 5) is 7.09. The maximum Gasteiger partial charge on any atom is 0.0866 e. The molecular formula is C7H9N3S. The van der Waals surface area contributed by atoms with E-state index in [4.69, 9.17) is 5.26 Å². The van der Waals surface area contributed by atoms with Gasteiger partial charge in [0, 0.05) is 17.6 Å². The molecule has 0 radical (unpaired) electrons. The molecule has 0 bridgehead atoms. The standard InChI is InChI=1S/C7H9N3S/c1-10(3-2-8)5-7-4-9-6-11-7/h4,6H,3,5H2,1H3. The minimum atomic E-state index is 0.470. The van der Waals surface area contributed by atoms with Crippen molar-refractivity contribution in [3.8, 4) is 6.07 Å². The van der Waals surface area contributed by atoms with Crippen LogP contribution in [0.1, 0.15) is 4.88 Å². The highest BCUT2D eigenvalue weighted by molar-refractivity contribution is 7.09. The molecule has 4 heteroatoms. The van der Waals surface area contributed by atoms with Crippen molar-refractivity contribution in [1.82, 2.24) is 9.88 Å². The lowest BCUT2D eigenvalue weighted by atomic mass is 10.5. The first-order valence-electron chi connectivity index (χ1n) is 3.26. The summed E-state index contributed by atoms with van der Waals surface area (Å²) in [6.07, 6.45) is 1.83. The van der Waals surface area contributed by atoms with Gasteiger partial charge in [-0.25, -0.2) is 0 Å². The molecule has 0 atom stereocenters. The summed E-state index contributed by atoms with van der Waals surface area (Å²) < 4.78 is 0. The molecule has 3 nitrogen and oxygen atoms in total. The van der Waals surface area contributed by atoms with Crippen LogP contribution >= 0.6 is 11.3 Å². The fourth-order valence-electron chi connectivity index (χ4n) is 0.763. The quantitative estimate of drug-likeness (QED) is 0.633. The third-order valence-electron chi connectivity index (χ3n) is 1.25. The topological polar surface area (TPSA) is 39.9 Å². The molecule has 0 aliphatic carbocycles.